The fourth-order valence-corrected chi connectivity index (χ4v) is 3.98. The van der Waals surface area contributed by atoms with Gasteiger partial charge in [0.1, 0.15) is 13.2 Å². The van der Waals surface area contributed by atoms with Gasteiger partial charge in [0.05, 0.1) is 6.04 Å². The van der Waals surface area contributed by atoms with Crippen LogP contribution in [0.1, 0.15) is 29.9 Å². The van der Waals surface area contributed by atoms with E-state index >= 15 is 0 Å². The highest BCUT2D eigenvalue weighted by atomic mass is 16.7. The van der Waals surface area contributed by atoms with Gasteiger partial charge in [-0.25, -0.2) is 15.1 Å². The number of carbonyl (C=O) groups excluding carboxylic acids is 2. The van der Waals surface area contributed by atoms with Crippen molar-refractivity contribution in [2.75, 3.05) is 26.7 Å². The molecule has 11 heteroatoms. The fourth-order valence-electron chi connectivity index (χ4n) is 3.98. The number of fused-ring (bicyclic) bond motifs is 3. The summed E-state index contributed by atoms with van der Waals surface area (Å²) in [5, 5.41) is 9.45. The van der Waals surface area contributed by atoms with E-state index in [1.54, 1.807) is 5.43 Å². The molecule has 0 bridgehead atoms. The van der Waals surface area contributed by atoms with E-state index in [2.05, 4.69) is 17.1 Å². The molecule has 0 heterocycles. The number of carbonyl (C=O) groups is 2. The summed E-state index contributed by atoms with van der Waals surface area (Å²) in [6.45, 7) is 0.128. The van der Waals surface area contributed by atoms with Gasteiger partial charge in [0.25, 0.3) is 5.96 Å². The maximum absolute atomic E-state index is 12.5. The molecule has 3 rings (SSSR count). The summed E-state index contributed by atoms with van der Waals surface area (Å²) in [6, 6.07) is 15.2. The number of hydrogen-bond acceptors (Lipinski definition) is 7. The first-order valence-electron chi connectivity index (χ1n) is 10.8. The van der Waals surface area contributed by atoms with Crippen LogP contribution in [-0.4, -0.2) is 60.6 Å². The van der Waals surface area contributed by atoms with Crippen LogP contribution in [0.25, 0.3) is 11.1 Å². The zero-order valence-corrected chi connectivity index (χ0v) is 18.8. The van der Waals surface area contributed by atoms with Crippen molar-refractivity contribution in [3.63, 3.8) is 0 Å². The number of nitrogens with one attached hydrogen (secondary N) is 1. The quantitative estimate of drug-likeness (QED) is 0.116. The molecule has 0 saturated heterocycles. The monoisotopic (exact) mass is 468 g/mol. The van der Waals surface area contributed by atoms with E-state index in [-0.39, 0.29) is 38.0 Å². The normalized spacial score (nSPS) is 13.5. The number of hydrazine groups is 1. The Balaban J connectivity index is 1.47. The third kappa shape index (κ3) is 6.07. The van der Waals surface area contributed by atoms with E-state index in [1.807, 2.05) is 36.4 Å². The van der Waals surface area contributed by atoms with Crippen LogP contribution < -0.4 is 16.9 Å². The molecule has 0 aromatic heterocycles. The molecule has 2 aromatic rings. The molecule has 1 aliphatic rings. The first kappa shape index (κ1) is 24.6. The second-order valence-electron chi connectivity index (χ2n) is 7.99. The summed E-state index contributed by atoms with van der Waals surface area (Å²) in [5.74, 6) is -1.31. The van der Waals surface area contributed by atoms with Gasteiger partial charge in [-0.1, -0.05) is 54.0 Å². The van der Waals surface area contributed by atoms with Crippen molar-refractivity contribution in [3.05, 3.63) is 69.8 Å². The number of nitro groups is 1. The first-order valence-corrected chi connectivity index (χ1v) is 10.8. The van der Waals surface area contributed by atoms with Gasteiger partial charge in [-0.05, 0) is 35.1 Å². The van der Waals surface area contributed by atoms with Crippen molar-refractivity contribution in [2.24, 2.45) is 16.5 Å². The highest BCUT2D eigenvalue weighted by molar-refractivity contribution is 5.85. The average Bonchev–Trinajstić information content (AvgIpc) is 3.13. The third-order valence-corrected chi connectivity index (χ3v) is 5.59. The number of likely N-dealkylation sites (N-methyl/N-ethyl adjacent to an activating group) is 1. The number of esters is 1. The van der Waals surface area contributed by atoms with Gasteiger partial charge in [-0.3, -0.25) is 9.59 Å². The fraction of sp³-hybridized carbons (Fsp3) is 0.348. The van der Waals surface area contributed by atoms with Crippen molar-refractivity contribution in [3.8, 4) is 11.1 Å². The van der Waals surface area contributed by atoms with E-state index in [9.17, 15) is 19.7 Å². The summed E-state index contributed by atoms with van der Waals surface area (Å²) in [4.78, 5) is 40.2. The van der Waals surface area contributed by atoms with Crippen molar-refractivity contribution in [1.29, 1.82) is 0 Å². The molecule has 0 radical (unpaired) electrons. The van der Waals surface area contributed by atoms with E-state index in [0.29, 0.717) is 6.42 Å². The Hall–Kier alpha value is -3.99. The predicted molar refractivity (Wildman–Crippen MR) is 126 cm³/mol. The lowest BCUT2D eigenvalue weighted by atomic mass is 9.98. The predicted octanol–water partition coefficient (Wildman–Crippen LogP) is 1.00. The number of guanidine groups is 1. The molecule has 1 amide bonds. The molecule has 1 aliphatic carbocycles. The Morgan fingerprint density at radius 2 is 1.76 bits per heavy atom. The summed E-state index contributed by atoms with van der Waals surface area (Å²) in [6.07, 6.45) is 0.675. The third-order valence-electron chi connectivity index (χ3n) is 5.59. The van der Waals surface area contributed by atoms with Gasteiger partial charge in [0, 0.05) is 19.5 Å². The lowest BCUT2D eigenvalue weighted by Gasteiger charge is -2.21. The number of ether oxygens (including phenoxy) is 1. The SMILES string of the molecule is CN(CC(=O)OCC1c2ccccc2-c2ccccc21)C(=O)C(N)CCCN=C(N)N[N+](=O)[O-]. The lowest BCUT2D eigenvalue weighted by molar-refractivity contribution is -0.525. The molecule has 180 valence electrons. The molecule has 11 nitrogen and oxygen atoms in total. The molecule has 0 aliphatic heterocycles. The van der Waals surface area contributed by atoms with Gasteiger partial charge in [0.2, 0.25) is 5.91 Å². The molecule has 2 aromatic carbocycles. The Labute approximate surface area is 196 Å². The van der Waals surface area contributed by atoms with Crippen LogP contribution in [-0.2, 0) is 14.3 Å². The summed E-state index contributed by atoms with van der Waals surface area (Å²) >= 11 is 0. The van der Waals surface area contributed by atoms with Crippen LogP contribution >= 0.6 is 0 Å². The van der Waals surface area contributed by atoms with Crippen LogP contribution in [0, 0.1) is 10.1 Å². The molecule has 0 saturated carbocycles. The second kappa shape index (κ2) is 11.2. The minimum Gasteiger partial charge on any atom is -0.463 e. The van der Waals surface area contributed by atoms with Crippen LogP contribution in [0.3, 0.4) is 0 Å². The number of amides is 1. The number of nitrogens with zero attached hydrogens (tertiary/aromatic N) is 3. The standard InChI is InChI=1S/C23H28N6O5/c1-28(22(31)20(24)11-6-12-26-23(25)27-29(32)33)13-21(30)34-14-19-17-9-4-2-7-15(17)16-8-3-5-10-18(16)19/h2-5,7-10,19-20H,6,11-14,24H2,1H3,(H3,25,26,27). The summed E-state index contributed by atoms with van der Waals surface area (Å²) in [5.41, 5.74) is 17.5. The van der Waals surface area contributed by atoms with Gasteiger partial charge in [-0.15, -0.1) is 0 Å². The Kier molecular flexibility index (Phi) is 8.14. The van der Waals surface area contributed by atoms with Crippen LogP contribution in [0.4, 0.5) is 0 Å². The maximum Gasteiger partial charge on any atom is 0.325 e. The number of hydrogen-bond donors (Lipinski definition) is 3. The number of rotatable bonds is 10. The van der Waals surface area contributed by atoms with E-state index in [1.165, 1.54) is 11.9 Å². The van der Waals surface area contributed by atoms with Crippen molar-refractivity contribution >= 4 is 17.8 Å². The molecule has 0 spiro atoms. The average molecular weight is 469 g/mol. The zero-order valence-electron chi connectivity index (χ0n) is 18.8. The molecule has 34 heavy (non-hydrogen) atoms. The summed E-state index contributed by atoms with van der Waals surface area (Å²) < 4.78 is 5.53. The molecular formula is C23H28N6O5. The Morgan fingerprint density at radius 3 is 2.35 bits per heavy atom. The summed E-state index contributed by atoms with van der Waals surface area (Å²) in [7, 11) is 1.49. The zero-order chi connectivity index (χ0) is 24.7. The van der Waals surface area contributed by atoms with Gasteiger partial charge in [0.15, 0.2) is 5.03 Å². The van der Waals surface area contributed by atoms with Crippen molar-refractivity contribution in [2.45, 2.75) is 24.8 Å². The smallest absolute Gasteiger partial charge is 0.325 e. The largest absolute Gasteiger partial charge is 0.463 e. The maximum atomic E-state index is 12.5. The van der Waals surface area contributed by atoms with Crippen molar-refractivity contribution < 1.29 is 19.4 Å². The molecule has 1 atom stereocenters. The van der Waals surface area contributed by atoms with E-state index in [0.717, 1.165) is 22.3 Å². The molecule has 5 N–H and O–H groups in total. The van der Waals surface area contributed by atoms with E-state index < -0.39 is 23.0 Å². The van der Waals surface area contributed by atoms with Gasteiger partial charge in [-0.2, -0.15) is 0 Å². The molecular weight excluding hydrogens is 440 g/mol. The van der Waals surface area contributed by atoms with Gasteiger partial charge >= 0.3 is 5.97 Å². The Bertz CT molecular complexity index is 1040. The van der Waals surface area contributed by atoms with Gasteiger partial charge < -0.3 is 21.1 Å². The number of aliphatic imine (C=N–C) groups is 1. The topological polar surface area (TPSA) is 166 Å². The number of benzene rings is 2. The Morgan fingerprint density at radius 1 is 1.18 bits per heavy atom. The number of nitrogens with two attached hydrogens (primary N) is 2. The van der Waals surface area contributed by atoms with Crippen LogP contribution in [0.15, 0.2) is 53.5 Å². The van der Waals surface area contributed by atoms with Crippen molar-refractivity contribution in [1.82, 2.24) is 10.3 Å². The highest BCUT2D eigenvalue weighted by Gasteiger charge is 2.29. The highest BCUT2D eigenvalue weighted by Crippen LogP contribution is 2.44. The minimum atomic E-state index is -0.841. The lowest BCUT2D eigenvalue weighted by Crippen LogP contribution is -2.44. The molecule has 1 unspecified atom stereocenters. The van der Waals surface area contributed by atoms with E-state index in [4.69, 9.17) is 16.2 Å². The van der Waals surface area contributed by atoms with Crippen LogP contribution in [0.5, 0.6) is 0 Å². The second-order valence-corrected chi connectivity index (χ2v) is 7.99. The first-order chi connectivity index (χ1) is 16.3. The van der Waals surface area contributed by atoms with Crippen LogP contribution in [0.2, 0.25) is 0 Å². The molecule has 0 fully saturated rings. The minimum absolute atomic E-state index is 0.0580.